The predicted molar refractivity (Wildman–Crippen MR) is 78.0 cm³/mol. The molecule has 1 fully saturated rings. The van der Waals surface area contributed by atoms with Crippen molar-refractivity contribution < 1.29 is 22.7 Å². The van der Waals surface area contributed by atoms with Crippen LogP contribution in [0.4, 0.5) is 0 Å². The molecule has 0 saturated carbocycles. The zero-order valence-electron chi connectivity index (χ0n) is 12.6. The molecule has 21 heavy (non-hydrogen) atoms. The van der Waals surface area contributed by atoms with Crippen molar-refractivity contribution in [2.24, 2.45) is 5.92 Å². The molecule has 1 heterocycles. The number of ether oxygens (including phenoxy) is 1. The van der Waals surface area contributed by atoms with Gasteiger partial charge in [0.25, 0.3) is 0 Å². The number of sulfonamides is 1. The Morgan fingerprint density at radius 3 is 2.43 bits per heavy atom. The van der Waals surface area contributed by atoms with Crippen molar-refractivity contribution in [3.8, 4) is 0 Å². The van der Waals surface area contributed by atoms with Gasteiger partial charge in [-0.15, -0.1) is 0 Å². The first kappa shape index (κ1) is 17.9. The summed E-state index contributed by atoms with van der Waals surface area (Å²) < 4.78 is 30.2. The maximum absolute atomic E-state index is 12.1. The van der Waals surface area contributed by atoms with Crippen molar-refractivity contribution in [3.05, 3.63) is 0 Å². The van der Waals surface area contributed by atoms with Crippen LogP contribution in [-0.4, -0.2) is 57.1 Å². The first-order valence-corrected chi connectivity index (χ1v) is 8.84. The summed E-state index contributed by atoms with van der Waals surface area (Å²) in [6.07, 6.45) is 1.44. The van der Waals surface area contributed by atoms with Crippen LogP contribution >= 0.6 is 0 Å². The molecule has 1 rings (SSSR count). The molecule has 8 heteroatoms. The van der Waals surface area contributed by atoms with Crippen LogP contribution in [0.3, 0.4) is 0 Å². The molecule has 0 unspecified atom stereocenters. The lowest BCUT2D eigenvalue weighted by atomic mass is 9.97. The van der Waals surface area contributed by atoms with E-state index < -0.39 is 16.0 Å². The zero-order valence-corrected chi connectivity index (χ0v) is 13.4. The molecule has 1 aliphatic rings. The van der Waals surface area contributed by atoms with E-state index in [0.717, 1.165) is 0 Å². The van der Waals surface area contributed by atoms with Crippen LogP contribution in [0.2, 0.25) is 0 Å². The largest absolute Gasteiger partial charge is 0.469 e. The molecular formula is C13H24N2O5S. The van der Waals surface area contributed by atoms with Gasteiger partial charge >= 0.3 is 5.97 Å². The van der Waals surface area contributed by atoms with Gasteiger partial charge in [0.1, 0.15) is 0 Å². The van der Waals surface area contributed by atoms with Crippen molar-refractivity contribution in [1.82, 2.24) is 9.62 Å². The lowest BCUT2D eigenvalue weighted by molar-refractivity contribution is -0.140. The molecule has 0 radical (unpaired) electrons. The lowest BCUT2D eigenvalue weighted by Crippen LogP contribution is -2.43. The number of hydrogen-bond acceptors (Lipinski definition) is 5. The standard InChI is InChI=1S/C13H24N2O5S/c1-3-14-13(17)11-6-8-15(9-7-11)21(18,19)10-4-5-12(16)20-2/h11H,3-10H2,1-2H3,(H,14,17). The van der Waals surface area contributed by atoms with E-state index in [-0.39, 0.29) is 30.4 Å². The van der Waals surface area contributed by atoms with Crippen molar-refractivity contribution in [1.29, 1.82) is 0 Å². The average Bonchev–Trinajstić information content (AvgIpc) is 2.47. The van der Waals surface area contributed by atoms with Gasteiger partial charge in [-0.1, -0.05) is 0 Å². The molecule has 7 nitrogen and oxygen atoms in total. The average molecular weight is 320 g/mol. The predicted octanol–water partition coefficient (Wildman–Crippen LogP) is 0.118. The van der Waals surface area contributed by atoms with Gasteiger partial charge in [-0.05, 0) is 26.2 Å². The summed E-state index contributed by atoms with van der Waals surface area (Å²) in [4.78, 5) is 22.7. The number of esters is 1. The summed E-state index contributed by atoms with van der Waals surface area (Å²) in [7, 11) is -2.07. The number of piperidine rings is 1. The van der Waals surface area contributed by atoms with Gasteiger partial charge in [-0.25, -0.2) is 12.7 Å². The van der Waals surface area contributed by atoms with E-state index in [2.05, 4.69) is 10.1 Å². The Kier molecular flexibility index (Phi) is 7.10. The number of hydrogen-bond donors (Lipinski definition) is 1. The minimum Gasteiger partial charge on any atom is -0.469 e. The molecule has 0 atom stereocenters. The Morgan fingerprint density at radius 2 is 1.90 bits per heavy atom. The number of methoxy groups -OCH3 is 1. The van der Waals surface area contributed by atoms with Crippen LogP contribution < -0.4 is 5.32 Å². The molecule has 0 aromatic heterocycles. The Morgan fingerprint density at radius 1 is 1.29 bits per heavy atom. The highest BCUT2D eigenvalue weighted by Gasteiger charge is 2.30. The molecule has 1 aliphatic heterocycles. The van der Waals surface area contributed by atoms with Crippen LogP contribution in [0.1, 0.15) is 32.6 Å². The van der Waals surface area contributed by atoms with Crippen molar-refractivity contribution in [2.75, 3.05) is 32.5 Å². The number of carbonyl (C=O) groups excluding carboxylic acids is 2. The van der Waals surface area contributed by atoms with Gasteiger partial charge in [0.15, 0.2) is 0 Å². The smallest absolute Gasteiger partial charge is 0.305 e. The van der Waals surface area contributed by atoms with Crippen LogP contribution in [0, 0.1) is 5.92 Å². The Balaban J connectivity index is 2.41. The van der Waals surface area contributed by atoms with Crippen molar-refractivity contribution >= 4 is 21.9 Å². The molecular weight excluding hydrogens is 296 g/mol. The Labute approximate surface area is 126 Å². The van der Waals surface area contributed by atoms with Gasteiger partial charge in [-0.2, -0.15) is 0 Å². The molecule has 0 aliphatic carbocycles. The summed E-state index contributed by atoms with van der Waals surface area (Å²) in [6, 6.07) is 0. The van der Waals surface area contributed by atoms with E-state index in [4.69, 9.17) is 0 Å². The van der Waals surface area contributed by atoms with Crippen LogP contribution in [0.5, 0.6) is 0 Å². The first-order chi connectivity index (χ1) is 9.90. The third kappa shape index (κ3) is 5.62. The molecule has 1 N–H and O–H groups in total. The number of nitrogens with one attached hydrogen (secondary N) is 1. The maximum Gasteiger partial charge on any atom is 0.305 e. The van der Waals surface area contributed by atoms with E-state index in [0.29, 0.717) is 32.5 Å². The molecule has 122 valence electrons. The van der Waals surface area contributed by atoms with Gasteiger partial charge in [0, 0.05) is 32.0 Å². The lowest BCUT2D eigenvalue weighted by Gasteiger charge is -2.30. The number of rotatable bonds is 7. The van der Waals surface area contributed by atoms with Gasteiger partial charge in [0.2, 0.25) is 15.9 Å². The summed E-state index contributed by atoms with van der Waals surface area (Å²) >= 11 is 0. The first-order valence-electron chi connectivity index (χ1n) is 7.23. The van der Waals surface area contributed by atoms with E-state index in [1.165, 1.54) is 11.4 Å². The molecule has 1 amide bonds. The molecule has 0 aromatic carbocycles. The third-order valence-corrected chi connectivity index (χ3v) is 5.54. The minimum absolute atomic E-state index is 0.000221. The summed E-state index contributed by atoms with van der Waals surface area (Å²) in [6.45, 7) is 3.17. The van der Waals surface area contributed by atoms with Crippen molar-refractivity contribution in [3.63, 3.8) is 0 Å². The zero-order chi connectivity index (χ0) is 15.9. The fraction of sp³-hybridized carbons (Fsp3) is 0.846. The van der Waals surface area contributed by atoms with Crippen LogP contribution in [0.25, 0.3) is 0 Å². The third-order valence-electron chi connectivity index (χ3n) is 3.58. The second-order valence-electron chi connectivity index (χ2n) is 5.06. The van der Waals surface area contributed by atoms with E-state index in [1.54, 1.807) is 0 Å². The summed E-state index contributed by atoms with van der Waals surface area (Å²) in [5, 5.41) is 2.76. The van der Waals surface area contributed by atoms with Gasteiger partial charge in [-0.3, -0.25) is 9.59 Å². The molecule has 0 spiro atoms. The fourth-order valence-electron chi connectivity index (χ4n) is 2.34. The number of amides is 1. The van der Waals surface area contributed by atoms with Crippen LogP contribution in [-0.2, 0) is 24.3 Å². The normalized spacial score (nSPS) is 17.4. The number of nitrogens with zero attached hydrogens (tertiary/aromatic N) is 1. The highest BCUT2D eigenvalue weighted by atomic mass is 32.2. The molecule has 0 bridgehead atoms. The maximum atomic E-state index is 12.1. The summed E-state index contributed by atoms with van der Waals surface area (Å²) in [5.41, 5.74) is 0. The van der Waals surface area contributed by atoms with E-state index >= 15 is 0 Å². The SMILES string of the molecule is CCNC(=O)C1CCN(S(=O)(=O)CCCC(=O)OC)CC1. The highest BCUT2D eigenvalue weighted by Crippen LogP contribution is 2.20. The Hall–Kier alpha value is -1.15. The topological polar surface area (TPSA) is 92.8 Å². The molecule has 1 saturated heterocycles. The van der Waals surface area contributed by atoms with E-state index in [1.807, 2.05) is 6.92 Å². The monoisotopic (exact) mass is 320 g/mol. The quantitative estimate of drug-likeness (QED) is 0.673. The Bertz CT molecular complexity index is 455. The van der Waals surface area contributed by atoms with Gasteiger partial charge in [0.05, 0.1) is 12.9 Å². The van der Waals surface area contributed by atoms with Crippen molar-refractivity contribution in [2.45, 2.75) is 32.6 Å². The minimum atomic E-state index is -3.35. The van der Waals surface area contributed by atoms with E-state index in [9.17, 15) is 18.0 Å². The summed E-state index contributed by atoms with van der Waals surface area (Å²) in [5.74, 6) is -0.569. The van der Waals surface area contributed by atoms with Crippen LogP contribution in [0.15, 0.2) is 0 Å². The fourth-order valence-corrected chi connectivity index (χ4v) is 3.88. The second kappa shape index (κ2) is 8.33. The molecule has 0 aromatic rings. The van der Waals surface area contributed by atoms with Gasteiger partial charge < -0.3 is 10.1 Å². The number of carbonyl (C=O) groups is 2. The second-order valence-corrected chi connectivity index (χ2v) is 7.15. The highest BCUT2D eigenvalue weighted by molar-refractivity contribution is 7.89.